The van der Waals surface area contributed by atoms with Crippen LogP contribution in [0.1, 0.15) is 29.2 Å². The standard InChI is InChI=1S/C26H26N2O2S/c1-5-20-7-6-8-21(15-20)22-9-11-24-23(16-22)10-12-25(27-24)28-31(29,30)26-18(3)13-17(2)14-19(26)4/h6-16H,5H2,1-4H3,(H,27,28). The zero-order valence-corrected chi connectivity index (χ0v) is 19.0. The van der Waals surface area contributed by atoms with Crippen LogP contribution in [0, 0.1) is 20.8 Å². The van der Waals surface area contributed by atoms with Gasteiger partial charge in [0.15, 0.2) is 0 Å². The van der Waals surface area contributed by atoms with Crippen molar-refractivity contribution >= 4 is 26.7 Å². The average Bonchev–Trinajstić information content (AvgIpc) is 2.72. The van der Waals surface area contributed by atoms with E-state index in [0.717, 1.165) is 45.1 Å². The Morgan fingerprint density at radius 3 is 2.26 bits per heavy atom. The molecule has 0 bridgehead atoms. The Kier molecular flexibility index (Phi) is 5.54. The zero-order chi connectivity index (χ0) is 22.2. The highest BCUT2D eigenvalue weighted by Crippen LogP contribution is 2.27. The summed E-state index contributed by atoms with van der Waals surface area (Å²) in [5, 5.41) is 0.963. The van der Waals surface area contributed by atoms with E-state index in [1.807, 2.05) is 51.1 Å². The number of anilines is 1. The van der Waals surface area contributed by atoms with Crippen LogP contribution in [0.3, 0.4) is 0 Å². The van der Waals surface area contributed by atoms with E-state index >= 15 is 0 Å². The molecule has 0 fully saturated rings. The normalized spacial score (nSPS) is 11.6. The topological polar surface area (TPSA) is 59.1 Å². The lowest BCUT2D eigenvalue weighted by Crippen LogP contribution is -2.16. The van der Waals surface area contributed by atoms with Crippen LogP contribution in [-0.4, -0.2) is 13.4 Å². The molecule has 0 aliphatic heterocycles. The average molecular weight is 431 g/mol. The van der Waals surface area contributed by atoms with Crippen molar-refractivity contribution in [1.29, 1.82) is 0 Å². The number of rotatable bonds is 5. The number of hydrogen-bond acceptors (Lipinski definition) is 3. The molecule has 4 aromatic rings. The van der Waals surface area contributed by atoms with Gasteiger partial charge in [0.1, 0.15) is 5.82 Å². The highest BCUT2D eigenvalue weighted by Gasteiger charge is 2.20. The number of aromatic nitrogens is 1. The largest absolute Gasteiger partial charge is 0.263 e. The molecule has 1 heterocycles. The van der Waals surface area contributed by atoms with E-state index < -0.39 is 10.0 Å². The van der Waals surface area contributed by atoms with Gasteiger partial charge in [-0.1, -0.05) is 55.0 Å². The number of nitrogens with zero attached hydrogens (tertiary/aromatic N) is 1. The molecule has 3 aromatic carbocycles. The molecule has 0 amide bonds. The van der Waals surface area contributed by atoms with E-state index in [2.05, 4.69) is 47.0 Å². The molecule has 1 N–H and O–H groups in total. The van der Waals surface area contributed by atoms with Crippen molar-refractivity contribution in [2.45, 2.75) is 39.0 Å². The molecule has 0 saturated heterocycles. The van der Waals surface area contributed by atoms with Gasteiger partial charge in [0.05, 0.1) is 10.4 Å². The second-order valence-electron chi connectivity index (χ2n) is 7.99. The molecule has 0 aliphatic rings. The summed E-state index contributed by atoms with van der Waals surface area (Å²) in [6, 6.07) is 21.9. The summed E-state index contributed by atoms with van der Waals surface area (Å²) in [5.74, 6) is 0.313. The number of aryl methyl sites for hydroxylation is 4. The molecule has 158 valence electrons. The van der Waals surface area contributed by atoms with Gasteiger partial charge < -0.3 is 0 Å². The first-order valence-corrected chi connectivity index (χ1v) is 11.9. The Labute approximate surface area is 184 Å². The van der Waals surface area contributed by atoms with Gasteiger partial charge in [-0.05, 0) is 79.3 Å². The number of pyridine rings is 1. The summed E-state index contributed by atoms with van der Waals surface area (Å²) in [6.07, 6.45) is 0.992. The summed E-state index contributed by atoms with van der Waals surface area (Å²) in [6.45, 7) is 7.74. The molecule has 31 heavy (non-hydrogen) atoms. The molecule has 0 aliphatic carbocycles. The van der Waals surface area contributed by atoms with Crippen LogP contribution in [0.5, 0.6) is 0 Å². The smallest absolute Gasteiger partial charge is 0.263 e. The van der Waals surface area contributed by atoms with Crippen LogP contribution in [0.25, 0.3) is 22.0 Å². The fourth-order valence-corrected chi connectivity index (χ4v) is 5.57. The van der Waals surface area contributed by atoms with Crippen molar-refractivity contribution < 1.29 is 8.42 Å². The highest BCUT2D eigenvalue weighted by atomic mass is 32.2. The number of hydrogen-bond donors (Lipinski definition) is 1. The molecule has 4 rings (SSSR count). The minimum atomic E-state index is -3.73. The molecule has 0 atom stereocenters. The van der Waals surface area contributed by atoms with E-state index in [0.29, 0.717) is 10.7 Å². The summed E-state index contributed by atoms with van der Waals surface area (Å²) in [4.78, 5) is 4.85. The molecule has 0 spiro atoms. The van der Waals surface area contributed by atoms with Crippen LogP contribution in [-0.2, 0) is 16.4 Å². The van der Waals surface area contributed by atoms with Crippen molar-refractivity contribution in [2.75, 3.05) is 4.72 Å². The molecule has 5 heteroatoms. The lowest BCUT2D eigenvalue weighted by atomic mass is 10.0. The van der Waals surface area contributed by atoms with Crippen LogP contribution in [0.15, 0.2) is 71.6 Å². The van der Waals surface area contributed by atoms with Crippen LogP contribution >= 0.6 is 0 Å². The lowest BCUT2D eigenvalue weighted by molar-refractivity contribution is 0.600. The Balaban J connectivity index is 1.67. The maximum Gasteiger partial charge on any atom is 0.263 e. The number of fused-ring (bicyclic) bond motifs is 1. The molecule has 1 aromatic heterocycles. The van der Waals surface area contributed by atoms with Gasteiger partial charge in [0, 0.05) is 5.39 Å². The fraction of sp³-hybridized carbons (Fsp3) is 0.192. The van der Waals surface area contributed by atoms with Crippen LogP contribution in [0.4, 0.5) is 5.82 Å². The maximum absolute atomic E-state index is 13.0. The Morgan fingerprint density at radius 2 is 1.55 bits per heavy atom. The molecular formula is C26H26N2O2S. The van der Waals surface area contributed by atoms with Gasteiger partial charge in [-0.15, -0.1) is 0 Å². The van der Waals surface area contributed by atoms with Gasteiger partial charge >= 0.3 is 0 Å². The third-order valence-electron chi connectivity index (χ3n) is 5.47. The third kappa shape index (κ3) is 4.32. The Morgan fingerprint density at radius 1 is 0.839 bits per heavy atom. The SMILES string of the molecule is CCc1cccc(-c2ccc3nc(NS(=O)(=O)c4c(C)cc(C)cc4C)ccc3c2)c1. The van der Waals surface area contributed by atoms with Crippen molar-refractivity contribution in [1.82, 2.24) is 4.98 Å². The first-order chi connectivity index (χ1) is 14.8. The van der Waals surface area contributed by atoms with Crippen LogP contribution in [0.2, 0.25) is 0 Å². The summed E-state index contributed by atoms with van der Waals surface area (Å²) < 4.78 is 28.7. The Hall–Kier alpha value is -3.18. The summed E-state index contributed by atoms with van der Waals surface area (Å²) in [5.41, 5.74) is 6.81. The highest BCUT2D eigenvalue weighted by molar-refractivity contribution is 7.92. The Bertz CT molecular complexity index is 1370. The molecule has 4 nitrogen and oxygen atoms in total. The fourth-order valence-electron chi connectivity index (χ4n) is 4.11. The van der Waals surface area contributed by atoms with E-state index in [9.17, 15) is 8.42 Å². The van der Waals surface area contributed by atoms with Gasteiger partial charge in [-0.2, -0.15) is 0 Å². The van der Waals surface area contributed by atoms with Crippen LogP contribution < -0.4 is 4.72 Å². The second kappa shape index (κ2) is 8.16. The van der Waals surface area contributed by atoms with Gasteiger partial charge in [-0.25, -0.2) is 13.4 Å². The van der Waals surface area contributed by atoms with E-state index in [1.54, 1.807) is 6.07 Å². The summed E-state index contributed by atoms with van der Waals surface area (Å²) >= 11 is 0. The zero-order valence-electron chi connectivity index (χ0n) is 18.2. The van der Waals surface area contributed by atoms with E-state index in [4.69, 9.17) is 0 Å². The minimum Gasteiger partial charge on any atom is -0.263 e. The predicted octanol–water partition coefficient (Wildman–Crippen LogP) is 6.19. The number of benzene rings is 3. The third-order valence-corrected chi connectivity index (χ3v) is 7.13. The quantitative estimate of drug-likeness (QED) is 0.411. The predicted molar refractivity (Wildman–Crippen MR) is 128 cm³/mol. The van der Waals surface area contributed by atoms with Gasteiger partial charge in [0.2, 0.25) is 0 Å². The molecule has 0 saturated carbocycles. The van der Waals surface area contributed by atoms with Gasteiger partial charge in [-0.3, -0.25) is 4.72 Å². The minimum absolute atomic E-state index is 0.311. The molecule has 0 unspecified atom stereocenters. The second-order valence-corrected chi connectivity index (χ2v) is 9.61. The van der Waals surface area contributed by atoms with Gasteiger partial charge in [0.25, 0.3) is 10.0 Å². The number of sulfonamides is 1. The van der Waals surface area contributed by atoms with Crippen molar-refractivity contribution in [3.05, 3.63) is 89.0 Å². The van der Waals surface area contributed by atoms with Crippen molar-refractivity contribution in [3.63, 3.8) is 0 Å². The summed E-state index contributed by atoms with van der Waals surface area (Å²) in [7, 11) is -3.73. The van der Waals surface area contributed by atoms with E-state index in [1.165, 1.54) is 5.56 Å². The lowest BCUT2D eigenvalue weighted by Gasteiger charge is -2.14. The monoisotopic (exact) mass is 430 g/mol. The number of nitrogens with one attached hydrogen (secondary N) is 1. The first-order valence-electron chi connectivity index (χ1n) is 10.4. The van der Waals surface area contributed by atoms with Crippen molar-refractivity contribution in [2.24, 2.45) is 0 Å². The first kappa shape index (κ1) is 21.1. The van der Waals surface area contributed by atoms with E-state index in [-0.39, 0.29) is 0 Å². The van der Waals surface area contributed by atoms with Crippen molar-refractivity contribution in [3.8, 4) is 11.1 Å². The maximum atomic E-state index is 13.0. The molecular weight excluding hydrogens is 404 g/mol. The molecule has 0 radical (unpaired) electrons.